The van der Waals surface area contributed by atoms with Gasteiger partial charge in [-0.05, 0) is 66.4 Å². The molecule has 31 heavy (non-hydrogen) atoms. The second-order valence-electron chi connectivity index (χ2n) is 7.41. The highest BCUT2D eigenvalue weighted by molar-refractivity contribution is 5.89. The largest absolute Gasteiger partial charge is 0.354 e. The van der Waals surface area contributed by atoms with E-state index in [1.165, 1.54) is 18.2 Å². The number of rotatable bonds is 6. The van der Waals surface area contributed by atoms with Gasteiger partial charge in [0.2, 0.25) is 11.8 Å². The molecule has 0 bridgehead atoms. The Kier molecular flexibility index (Phi) is 5.79. The first-order chi connectivity index (χ1) is 14.9. The van der Waals surface area contributed by atoms with E-state index >= 15 is 0 Å². The van der Waals surface area contributed by atoms with Gasteiger partial charge in [-0.15, -0.1) is 0 Å². The SMILES string of the molecule is O=C(CCc1cc(-c2ccc(F)cc2)[nH]c1-c1ccc(F)cc1F)NC1CCNC1=O. The first-order valence-electron chi connectivity index (χ1n) is 9.91. The van der Waals surface area contributed by atoms with Crippen LogP contribution in [0.3, 0.4) is 0 Å². The van der Waals surface area contributed by atoms with Crippen molar-refractivity contribution in [2.24, 2.45) is 0 Å². The molecule has 1 atom stereocenters. The van der Waals surface area contributed by atoms with Crippen LogP contribution >= 0.6 is 0 Å². The molecule has 3 aromatic rings. The molecule has 5 nitrogen and oxygen atoms in total. The molecular formula is C23H20F3N3O2. The highest BCUT2D eigenvalue weighted by Crippen LogP contribution is 2.32. The van der Waals surface area contributed by atoms with Crippen LogP contribution in [0, 0.1) is 17.5 Å². The fourth-order valence-electron chi connectivity index (χ4n) is 3.66. The summed E-state index contributed by atoms with van der Waals surface area (Å²) in [6.07, 6.45) is 0.889. The maximum Gasteiger partial charge on any atom is 0.242 e. The Morgan fingerprint density at radius 3 is 2.45 bits per heavy atom. The number of carbonyl (C=O) groups is 2. The predicted molar refractivity (Wildman–Crippen MR) is 109 cm³/mol. The van der Waals surface area contributed by atoms with Crippen LogP contribution in [0.2, 0.25) is 0 Å². The quantitative estimate of drug-likeness (QED) is 0.561. The fraction of sp³-hybridized carbons (Fsp3) is 0.217. The van der Waals surface area contributed by atoms with Gasteiger partial charge < -0.3 is 15.6 Å². The van der Waals surface area contributed by atoms with Crippen LogP contribution in [0.25, 0.3) is 22.5 Å². The van der Waals surface area contributed by atoms with E-state index in [1.807, 2.05) is 0 Å². The number of H-pyrrole nitrogens is 1. The summed E-state index contributed by atoms with van der Waals surface area (Å²) in [5.41, 5.74) is 2.53. The molecule has 0 radical (unpaired) electrons. The van der Waals surface area contributed by atoms with Crippen molar-refractivity contribution in [3.05, 3.63) is 71.5 Å². The van der Waals surface area contributed by atoms with Gasteiger partial charge in [0.1, 0.15) is 23.5 Å². The summed E-state index contributed by atoms with van der Waals surface area (Å²) in [6, 6.07) is 10.3. The summed E-state index contributed by atoms with van der Waals surface area (Å²) < 4.78 is 41.1. The number of hydrogen-bond donors (Lipinski definition) is 3. The Morgan fingerprint density at radius 1 is 1.03 bits per heavy atom. The normalized spacial score (nSPS) is 15.7. The molecule has 160 valence electrons. The molecule has 4 rings (SSSR count). The van der Waals surface area contributed by atoms with E-state index in [1.54, 1.807) is 18.2 Å². The first kappa shape index (κ1) is 20.7. The highest BCUT2D eigenvalue weighted by Gasteiger charge is 2.25. The van der Waals surface area contributed by atoms with Gasteiger partial charge in [0.05, 0.1) is 5.69 Å². The molecular weight excluding hydrogens is 407 g/mol. The number of amides is 2. The molecule has 2 heterocycles. The maximum absolute atomic E-state index is 14.5. The monoisotopic (exact) mass is 427 g/mol. The summed E-state index contributed by atoms with van der Waals surface area (Å²) in [6.45, 7) is 0.524. The third kappa shape index (κ3) is 4.63. The summed E-state index contributed by atoms with van der Waals surface area (Å²) >= 11 is 0. The van der Waals surface area contributed by atoms with Crippen LogP contribution in [0.1, 0.15) is 18.4 Å². The van der Waals surface area contributed by atoms with Gasteiger partial charge in [0, 0.05) is 30.3 Å². The maximum atomic E-state index is 14.5. The Bertz CT molecular complexity index is 1130. The van der Waals surface area contributed by atoms with Gasteiger partial charge in [0.15, 0.2) is 0 Å². The van der Waals surface area contributed by atoms with Crippen molar-refractivity contribution in [2.75, 3.05) is 6.54 Å². The number of benzene rings is 2. The Morgan fingerprint density at radius 2 is 1.77 bits per heavy atom. The number of hydrogen-bond acceptors (Lipinski definition) is 2. The second kappa shape index (κ2) is 8.67. The van der Waals surface area contributed by atoms with Crippen molar-refractivity contribution >= 4 is 11.8 Å². The molecule has 1 unspecified atom stereocenters. The van der Waals surface area contributed by atoms with Gasteiger partial charge >= 0.3 is 0 Å². The van der Waals surface area contributed by atoms with Crippen molar-refractivity contribution in [2.45, 2.75) is 25.3 Å². The van der Waals surface area contributed by atoms with Gasteiger partial charge in [-0.3, -0.25) is 9.59 Å². The third-order valence-corrected chi connectivity index (χ3v) is 5.26. The summed E-state index contributed by atoms with van der Waals surface area (Å²) in [7, 11) is 0. The number of aromatic nitrogens is 1. The number of halogens is 3. The van der Waals surface area contributed by atoms with Gasteiger partial charge in [-0.25, -0.2) is 13.2 Å². The lowest BCUT2D eigenvalue weighted by atomic mass is 10.0. The van der Waals surface area contributed by atoms with Crippen LogP contribution in [0.5, 0.6) is 0 Å². The lowest BCUT2D eigenvalue weighted by Gasteiger charge is -2.10. The van der Waals surface area contributed by atoms with E-state index in [-0.39, 0.29) is 36.0 Å². The Labute approximate surface area is 176 Å². The van der Waals surface area contributed by atoms with E-state index in [0.717, 1.165) is 12.1 Å². The number of aromatic amines is 1. The Hall–Kier alpha value is -3.55. The average molecular weight is 427 g/mol. The van der Waals surface area contributed by atoms with Crippen LogP contribution in [0.15, 0.2) is 48.5 Å². The summed E-state index contributed by atoms with van der Waals surface area (Å²) in [4.78, 5) is 27.1. The topological polar surface area (TPSA) is 74.0 Å². The van der Waals surface area contributed by atoms with E-state index in [4.69, 9.17) is 0 Å². The summed E-state index contributed by atoms with van der Waals surface area (Å²) in [5, 5.41) is 5.35. The van der Waals surface area contributed by atoms with Crippen molar-refractivity contribution in [1.29, 1.82) is 0 Å². The standard InChI is InChI=1S/C23H20F3N3O2/c24-15-4-1-13(2-5-15)20-11-14(3-8-21(30)28-19-9-10-27-23(19)31)22(29-20)17-7-6-16(25)12-18(17)26/h1-2,4-7,11-12,19,29H,3,8-10H2,(H,27,31)(H,28,30). The van der Waals surface area contributed by atoms with E-state index in [2.05, 4.69) is 15.6 Å². The molecule has 2 amide bonds. The molecule has 3 N–H and O–H groups in total. The molecule has 0 aliphatic carbocycles. The van der Waals surface area contributed by atoms with E-state index < -0.39 is 17.7 Å². The number of aryl methyl sites for hydroxylation is 1. The van der Waals surface area contributed by atoms with Crippen molar-refractivity contribution < 1.29 is 22.8 Å². The lowest BCUT2D eigenvalue weighted by Crippen LogP contribution is -2.40. The smallest absolute Gasteiger partial charge is 0.242 e. The molecule has 1 aliphatic rings. The molecule has 8 heteroatoms. The zero-order valence-electron chi connectivity index (χ0n) is 16.5. The first-order valence-corrected chi connectivity index (χ1v) is 9.91. The van der Waals surface area contributed by atoms with E-state index in [9.17, 15) is 22.8 Å². The lowest BCUT2D eigenvalue weighted by molar-refractivity contribution is -0.127. The molecule has 1 aliphatic heterocycles. The molecule has 1 saturated heterocycles. The van der Waals surface area contributed by atoms with Gasteiger partial charge in [-0.2, -0.15) is 0 Å². The number of carbonyl (C=O) groups excluding carboxylic acids is 2. The van der Waals surface area contributed by atoms with Crippen molar-refractivity contribution in [3.63, 3.8) is 0 Å². The van der Waals surface area contributed by atoms with Crippen LogP contribution in [0.4, 0.5) is 13.2 Å². The minimum absolute atomic E-state index is 0.0836. The zero-order chi connectivity index (χ0) is 22.0. The minimum Gasteiger partial charge on any atom is -0.354 e. The van der Waals surface area contributed by atoms with Crippen LogP contribution < -0.4 is 10.6 Å². The molecule has 1 fully saturated rings. The minimum atomic E-state index is -0.735. The molecule has 1 aromatic heterocycles. The van der Waals surface area contributed by atoms with Crippen LogP contribution in [-0.2, 0) is 16.0 Å². The van der Waals surface area contributed by atoms with Crippen molar-refractivity contribution in [3.8, 4) is 22.5 Å². The van der Waals surface area contributed by atoms with E-state index in [0.29, 0.717) is 35.5 Å². The molecule has 0 saturated carbocycles. The average Bonchev–Trinajstić information content (AvgIpc) is 3.33. The Balaban J connectivity index is 1.60. The van der Waals surface area contributed by atoms with Crippen molar-refractivity contribution in [1.82, 2.24) is 15.6 Å². The fourth-order valence-corrected chi connectivity index (χ4v) is 3.66. The third-order valence-electron chi connectivity index (χ3n) is 5.26. The van der Waals surface area contributed by atoms with Crippen LogP contribution in [-0.4, -0.2) is 29.4 Å². The number of nitrogens with one attached hydrogen (secondary N) is 3. The highest BCUT2D eigenvalue weighted by atomic mass is 19.1. The van der Waals surface area contributed by atoms with Gasteiger partial charge in [0.25, 0.3) is 0 Å². The molecule has 0 spiro atoms. The zero-order valence-corrected chi connectivity index (χ0v) is 16.5. The summed E-state index contributed by atoms with van der Waals surface area (Å²) in [5.74, 6) is -2.31. The second-order valence-corrected chi connectivity index (χ2v) is 7.41. The van der Waals surface area contributed by atoms with Gasteiger partial charge in [-0.1, -0.05) is 0 Å². The predicted octanol–water partition coefficient (Wildman–Crippen LogP) is 3.70. The molecule has 2 aromatic carbocycles.